The van der Waals surface area contributed by atoms with Gasteiger partial charge in [0.25, 0.3) is 0 Å². The van der Waals surface area contributed by atoms with E-state index in [1.54, 1.807) is 24.3 Å². The predicted molar refractivity (Wildman–Crippen MR) is 134 cm³/mol. The fourth-order valence-corrected chi connectivity index (χ4v) is 3.15. The molecule has 172 valence electrons. The lowest BCUT2D eigenvalue weighted by atomic mass is 10.1. The first-order chi connectivity index (χ1) is 16.0. The lowest BCUT2D eigenvalue weighted by Crippen LogP contribution is -2.22. The molecule has 6 heteroatoms. The largest absolute Gasteiger partial charge is 0.493 e. The molecule has 2 amide bonds. The molecule has 6 nitrogen and oxygen atoms in total. The summed E-state index contributed by atoms with van der Waals surface area (Å²) in [6, 6.07) is 24.6. The molecule has 0 aliphatic heterocycles. The SMILES string of the molecule is CC(C)COc1cccc(NCC(=O)Nc2cccc(NC(=O)CCc3ccccc3)c2)c1. The van der Waals surface area contributed by atoms with Gasteiger partial charge in [0.05, 0.1) is 13.2 Å². The highest BCUT2D eigenvalue weighted by molar-refractivity contribution is 5.95. The van der Waals surface area contributed by atoms with Crippen LogP contribution < -0.4 is 20.7 Å². The number of hydrogen-bond acceptors (Lipinski definition) is 4. The topological polar surface area (TPSA) is 79.5 Å². The van der Waals surface area contributed by atoms with Crippen LogP contribution in [0.2, 0.25) is 0 Å². The van der Waals surface area contributed by atoms with Crippen molar-refractivity contribution in [3.05, 3.63) is 84.4 Å². The number of carbonyl (C=O) groups excluding carboxylic acids is 2. The van der Waals surface area contributed by atoms with E-state index in [2.05, 4.69) is 29.8 Å². The molecule has 0 atom stereocenters. The molecule has 3 N–H and O–H groups in total. The van der Waals surface area contributed by atoms with Crippen LogP contribution in [0.15, 0.2) is 78.9 Å². The van der Waals surface area contributed by atoms with Gasteiger partial charge in [-0.05, 0) is 48.2 Å². The van der Waals surface area contributed by atoms with Crippen molar-refractivity contribution in [1.82, 2.24) is 0 Å². The summed E-state index contributed by atoms with van der Waals surface area (Å²) in [7, 11) is 0. The van der Waals surface area contributed by atoms with E-state index in [0.717, 1.165) is 17.0 Å². The van der Waals surface area contributed by atoms with E-state index in [4.69, 9.17) is 4.74 Å². The number of ether oxygens (including phenoxy) is 1. The highest BCUT2D eigenvalue weighted by atomic mass is 16.5. The normalized spacial score (nSPS) is 10.5. The van der Waals surface area contributed by atoms with Crippen molar-refractivity contribution >= 4 is 28.9 Å². The zero-order valence-corrected chi connectivity index (χ0v) is 19.1. The van der Waals surface area contributed by atoms with Crippen LogP contribution in [-0.4, -0.2) is 25.0 Å². The van der Waals surface area contributed by atoms with Gasteiger partial charge in [-0.1, -0.05) is 56.3 Å². The van der Waals surface area contributed by atoms with Crippen molar-refractivity contribution in [1.29, 1.82) is 0 Å². The summed E-state index contributed by atoms with van der Waals surface area (Å²) >= 11 is 0. The quantitative estimate of drug-likeness (QED) is 0.372. The standard InChI is InChI=1S/C27H31N3O3/c1-20(2)19-33-25-13-7-10-22(17-25)28-18-27(32)30-24-12-6-11-23(16-24)29-26(31)15-14-21-8-4-3-5-9-21/h3-13,16-17,20,28H,14-15,18-19H2,1-2H3,(H,29,31)(H,30,32). The Labute approximate surface area is 195 Å². The molecule has 3 rings (SSSR count). The molecule has 3 aromatic carbocycles. The highest BCUT2D eigenvalue weighted by Gasteiger charge is 2.07. The molecule has 3 aromatic rings. The molecular weight excluding hydrogens is 414 g/mol. The first-order valence-electron chi connectivity index (χ1n) is 11.2. The summed E-state index contributed by atoms with van der Waals surface area (Å²) in [6.07, 6.45) is 1.07. The molecule has 0 unspecified atom stereocenters. The maximum absolute atomic E-state index is 12.4. The average Bonchev–Trinajstić information content (AvgIpc) is 2.81. The van der Waals surface area contributed by atoms with Gasteiger partial charge in [-0.2, -0.15) is 0 Å². The van der Waals surface area contributed by atoms with E-state index in [1.165, 1.54) is 0 Å². The number of benzene rings is 3. The smallest absolute Gasteiger partial charge is 0.243 e. The van der Waals surface area contributed by atoms with E-state index in [-0.39, 0.29) is 18.4 Å². The Hall–Kier alpha value is -3.80. The van der Waals surface area contributed by atoms with Crippen LogP contribution in [-0.2, 0) is 16.0 Å². The lowest BCUT2D eigenvalue weighted by molar-refractivity contribution is -0.116. The second kappa shape index (κ2) is 12.3. The number of amides is 2. The Morgan fingerprint density at radius 2 is 1.45 bits per heavy atom. The van der Waals surface area contributed by atoms with Crippen molar-refractivity contribution in [2.75, 3.05) is 29.1 Å². The van der Waals surface area contributed by atoms with Gasteiger partial charge in [0.2, 0.25) is 11.8 Å². The van der Waals surface area contributed by atoms with E-state index < -0.39 is 0 Å². The molecule has 0 fully saturated rings. The Bertz CT molecular complexity index is 1050. The fourth-order valence-electron chi connectivity index (χ4n) is 3.15. The molecule has 0 bridgehead atoms. The van der Waals surface area contributed by atoms with Crippen molar-refractivity contribution in [2.24, 2.45) is 5.92 Å². The molecule has 0 radical (unpaired) electrons. The van der Waals surface area contributed by atoms with Crippen LogP contribution in [0.3, 0.4) is 0 Å². The van der Waals surface area contributed by atoms with E-state index >= 15 is 0 Å². The number of anilines is 3. The van der Waals surface area contributed by atoms with Gasteiger partial charge in [0.15, 0.2) is 0 Å². The van der Waals surface area contributed by atoms with Crippen LogP contribution in [0.5, 0.6) is 5.75 Å². The summed E-state index contributed by atoms with van der Waals surface area (Å²) < 4.78 is 5.72. The van der Waals surface area contributed by atoms with Gasteiger partial charge < -0.3 is 20.7 Å². The maximum Gasteiger partial charge on any atom is 0.243 e. The van der Waals surface area contributed by atoms with Crippen molar-refractivity contribution in [2.45, 2.75) is 26.7 Å². The van der Waals surface area contributed by atoms with Gasteiger partial charge in [0, 0.05) is 29.5 Å². The Morgan fingerprint density at radius 1 is 0.788 bits per heavy atom. The van der Waals surface area contributed by atoms with Crippen molar-refractivity contribution in [3.63, 3.8) is 0 Å². The molecule has 0 aromatic heterocycles. The molecule has 33 heavy (non-hydrogen) atoms. The van der Waals surface area contributed by atoms with E-state index in [9.17, 15) is 9.59 Å². The summed E-state index contributed by atoms with van der Waals surface area (Å²) in [5.74, 6) is 0.959. The van der Waals surface area contributed by atoms with Crippen LogP contribution in [0.1, 0.15) is 25.8 Å². The third-order valence-corrected chi connectivity index (χ3v) is 4.78. The van der Waals surface area contributed by atoms with Crippen LogP contribution in [0, 0.1) is 5.92 Å². The molecule has 0 aliphatic carbocycles. The maximum atomic E-state index is 12.4. The monoisotopic (exact) mass is 445 g/mol. The second-order valence-electron chi connectivity index (χ2n) is 8.25. The predicted octanol–water partition coefficient (Wildman–Crippen LogP) is 5.34. The van der Waals surface area contributed by atoms with E-state index in [0.29, 0.717) is 36.7 Å². The lowest BCUT2D eigenvalue weighted by Gasteiger charge is -2.12. The Morgan fingerprint density at radius 3 is 2.18 bits per heavy atom. The zero-order valence-electron chi connectivity index (χ0n) is 19.1. The third-order valence-electron chi connectivity index (χ3n) is 4.78. The first kappa shape index (κ1) is 23.9. The molecule has 0 aliphatic rings. The van der Waals surface area contributed by atoms with Crippen LogP contribution >= 0.6 is 0 Å². The number of aryl methyl sites for hydroxylation is 1. The molecule has 0 saturated carbocycles. The van der Waals surface area contributed by atoms with Gasteiger partial charge in [0.1, 0.15) is 5.75 Å². The van der Waals surface area contributed by atoms with Crippen LogP contribution in [0.25, 0.3) is 0 Å². The van der Waals surface area contributed by atoms with Gasteiger partial charge >= 0.3 is 0 Å². The Balaban J connectivity index is 1.46. The number of carbonyl (C=O) groups is 2. The van der Waals surface area contributed by atoms with Gasteiger partial charge in [-0.15, -0.1) is 0 Å². The third kappa shape index (κ3) is 8.69. The fraction of sp³-hybridized carbons (Fsp3) is 0.259. The van der Waals surface area contributed by atoms with Crippen molar-refractivity contribution < 1.29 is 14.3 Å². The summed E-state index contributed by atoms with van der Waals surface area (Å²) in [6.45, 7) is 4.94. The molecule has 0 saturated heterocycles. The van der Waals surface area contributed by atoms with Gasteiger partial charge in [-0.3, -0.25) is 9.59 Å². The summed E-state index contributed by atoms with van der Waals surface area (Å²) in [4.78, 5) is 24.7. The minimum absolute atomic E-state index is 0.0661. The molecular formula is C27H31N3O3. The minimum atomic E-state index is -0.184. The number of hydrogen-bond donors (Lipinski definition) is 3. The Kier molecular flexibility index (Phi) is 8.88. The summed E-state index contributed by atoms with van der Waals surface area (Å²) in [5, 5.41) is 8.85. The second-order valence-corrected chi connectivity index (χ2v) is 8.25. The first-order valence-corrected chi connectivity index (χ1v) is 11.2. The number of rotatable bonds is 11. The number of nitrogens with one attached hydrogen (secondary N) is 3. The van der Waals surface area contributed by atoms with Crippen LogP contribution in [0.4, 0.5) is 17.1 Å². The van der Waals surface area contributed by atoms with Crippen molar-refractivity contribution in [3.8, 4) is 5.75 Å². The summed E-state index contributed by atoms with van der Waals surface area (Å²) in [5.41, 5.74) is 3.20. The van der Waals surface area contributed by atoms with E-state index in [1.807, 2.05) is 54.6 Å². The zero-order chi connectivity index (χ0) is 23.5. The molecule has 0 heterocycles. The van der Waals surface area contributed by atoms with Gasteiger partial charge in [-0.25, -0.2) is 0 Å². The minimum Gasteiger partial charge on any atom is -0.493 e. The highest BCUT2D eigenvalue weighted by Crippen LogP contribution is 2.19. The molecule has 0 spiro atoms. The average molecular weight is 446 g/mol.